The van der Waals surface area contributed by atoms with Gasteiger partial charge in [-0.1, -0.05) is 6.07 Å². The lowest BCUT2D eigenvalue weighted by atomic mass is 10.1. The Morgan fingerprint density at radius 3 is 2.69 bits per heavy atom. The number of nitro benzene ring substituents is 1. The van der Waals surface area contributed by atoms with Crippen molar-refractivity contribution in [3.63, 3.8) is 0 Å². The molecule has 1 aliphatic heterocycles. The molecule has 0 aromatic heterocycles. The minimum atomic E-state index is -0.553. The molecule has 1 amide bonds. The fourth-order valence-corrected chi connectivity index (χ4v) is 2.44. The summed E-state index contributed by atoms with van der Waals surface area (Å²) in [7, 11) is 0. The number of hydrazine groups is 1. The molecule has 0 saturated heterocycles. The van der Waals surface area contributed by atoms with Crippen molar-refractivity contribution in [2.75, 3.05) is 12.1 Å². The average molecular weight is 374 g/mol. The van der Waals surface area contributed by atoms with E-state index >= 15 is 0 Å². The van der Waals surface area contributed by atoms with E-state index in [1.165, 1.54) is 18.2 Å². The van der Waals surface area contributed by atoms with Crippen LogP contribution < -0.4 is 25.6 Å². The lowest BCUT2D eigenvalue weighted by Gasteiger charge is -2.12. The molecule has 3 N–H and O–H groups in total. The highest BCUT2D eigenvalue weighted by Gasteiger charge is 2.16. The molecule has 0 aliphatic carbocycles. The predicted octanol–water partition coefficient (Wildman–Crippen LogP) is 2.26. The normalized spacial score (nSPS) is 11.6. The number of hydrogen-bond acceptors (Lipinski definition) is 6. The third-order valence-electron chi connectivity index (χ3n) is 3.59. The summed E-state index contributed by atoms with van der Waals surface area (Å²) in [6.07, 6.45) is 0. The number of carbonyl (C=O) groups excluding carboxylic acids is 1. The van der Waals surface area contributed by atoms with Gasteiger partial charge in [0.2, 0.25) is 6.79 Å². The van der Waals surface area contributed by atoms with Gasteiger partial charge in [0, 0.05) is 28.9 Å². The molecule has 2 aromatic rings. The summed E-state index contributed by atoms with van der Waals surface area (Å²) < 4.78 is 10.5. The van der Waals surface area contributed by atoms with Gasteiger partial charge in [0.1, 0.15) is 0 Å². The van der Waals surface area contributed by atoms with E-state index in [1.807, 2.05) is 0 Å². The van der Waals surface area contributed by atoms with Gasteiger partial charge in [-0.25, -0.2) is 0 Å². The van der Waals surface area contributed by atoms with Gasteiger partial charge in [-0.2, -0.15) is 0 Å². The van der Waals surface area contributed by atoms with Crippen LogP contribution in [0.4, 0.5) is 11.4 Å². The Hall–Kier alpha value is -3.40. The molecule has 0 atom stereocenters. The van der Waals surface area contributed by atoms with Gasteiger partial charge in [-0.3, -0.25) is 25.8 Å². The first-order valence-corrected chi connectivity index (χ1v) is 7.87. The number of aryl methyl sites for hydroxylation is 1. The van der Waals surface area contributed by atoms with Crippen molar-refractivity contribution >= 4 is 34.6 Å². The largest absolute Gasteiger partial charge is 0.454 e. The molecule has 0 spiro atoms. The van der Waals surface area contributed by atoms with Crippen molar-refractivity contribution in [3.05, 3.63) is 57.6 Å². The average Bonchev–Trinajstić information content (AvgIpc) is 3.07. The Balaban J connectivity index is 1.58. The molecular weight excluding hydrogens is 360 g/mol. The van der Waals surface area contributed by atoms with Crippen LogP contribution in [0.2, 0.25) is 0 Å². The number of amides is 1. The molecule has 3 rings (SSSR count). The maximum absolute atomic E-state index is 12.1. The number of hydrogen-bond donors (Lipinski definition) is 3. The fraction of sp³-hybridized carbons (Fsp3) is 0.125. The van der Waals surface area contributed by atoms with E-state index in [2.05, 4.69) is 16.2 Å². The highest BCUT2D eigenvalue weighted by Crippen LogP contribution is 2.34. The summed E-state index contributed by atoms with van der Waals surface area (Å²) in [5, 5.41) is 14.0. The van der Waals surface area contributed by atoms with Crippen molar-refractivity contribution in [1.82, 2.24) is 10.9 Å². The Labute approximate surface area is 153 Å². The van der Waals surface area contributed by atoms with Crippen molar-refractivity contribution in [3.8, 4) is 11.5 Å². The quantitative estimate of drug-likeness (QED) is 0.426. The second kappa shape index (κ2) is 7.23. The second-order valence-corrected chi connectivity index (χ2v) is 5.77. The molecule has 10 heteroatoms. The molecule has 0 saturated carbocycles. The van der Waals surface area contributed by atoms with Crippen LogP contribution in [0, 0.1) is 17.0 Å². The van der Waals surface area contributed by atoms with Crippen LogP contribution in [0.5, 0.6) is 11.5 Å². The molecule has 2 aromatic carbocycles. The lowest BCUT2D eigenvalue weighted by Crippen LogP contribution is -2.43. The first-order chi connectivity index (χ1) is 12.4. The topological polar surface area (TPSA) is 115 Å². The van der Waals surface area contributed by atoms with E-state index in [9.17, 15) is 14.9 Å². The number of ether oxygens (including phenoxy) is 2. The highest BCUT2D eigenvalue weighted by molar-refractivity contribution is 7.80. The SMILES string of the molecule is Cc1ccc(C(=O)NNC(=S)Nc2ccc3c(c2)OCO3)cc1[N+](=O)[O-]. The third kappa shape index (κ3) is 3.81. The van der Waals surface area contributed by atoms with Crippen LogP contribution in [0.15, 0.2) is 36.4 Å². The second-order valence-electron chi connectivity index (χ2n) is 5.36. The number of rotatable bonds is 3. The molecule has 0 radical (unpaired) electrons. The van der Waals surface area contributed by atoms with Crippen LogP contribution in [0.25, 0.3) is 0 Å². The number of fused-ring (bicyclic) bond motifs is 1. The minimum absolute atomic E-state index is 0.126. The zero-order valence-corrected chi connectivity index (χ0v) is 14.4. The van der Waals surface area contributed by atoms with Gasteiger partial charge < -0.3 is 14.8 Å². The Morgan fingerprint density at radius 1 is 1.15 bits per heavy atom. The summed E-state index contributed by atoms with van der Waals surface area (Å²) in [5.74, 6) is 0.681. The summed E-state index contributed by atoms with van der Waals surface area (Å²) in [6.45, 7) is 1.77. The molecule has 1 aliphatic rings. The van der Waals surface area contributed by atoms with Crippen molar-refractivity contribution in [2.24, 2.45) is 0 Å². The summed E-state index contributed by atoms with van der Waals surface area (Å²) in [5.41, 5.74) is 6.06. The summed E-state index contributed by atoms with van der Waals surface area (Å²) in [4.78, 5) is 22.5. The molecule has 1 heterocycles. The molecule has 26 heavy (non-hydrogen) atoms. The third-order valence-corrected chi connectivity index (χ3v) is 3.79. The smallest absolute Gasteiger partial charge is 0.273 e. The summed E-state index contributed by atoms with van der Waals surface area (Å²) in [6, 6.07) is 9.40. The number of nitro groups is 1. The lowest BCUT2D eigenvalue weighted by molar-refractivity contribution is -0.385. The van der Waals surface area contributed by atoms with E-state index in [-0.39, 0.29) is 23.2 Å². The molecule has 0 unspecified atom stereocenters. The van der Waals surface area contributed by atoms with Crippen LogP contribution in [-0.2, 0) is 0 Å². The zero-order chi connectivity index (χ0) is 18.7. The van der Waals surface area contributed by atoms with Gasteiger partial charge in [-0.05, 0) is 37.3 Å². The first kappa shape index (κ1) is 17.4. The maximum Gasteiger partial charge on any atom is 0.273 e. The van der Waals surface area contributed by atoms with Crippen molar-refractivity contribution < 1.29 is 19.2 Å². The van der Waals surface area contributed by atoms with E-state index in [4.69, 9.17) is 21.7 Å². The van der Waals surface area contributed by atoms with Crippen molar-refractivity contribution in [2.45, 2.75) is 6.92 Å². The van der Waals surface area contributed by atoms with Gasteiger partial charge >= 0.3 is 0 Å². The maximum atomic E-state index is 12.1. The van der Waals surface area contributed by atoms with Crippen LogP contribution in [0.1, 0.15) is 15.9 Å². The van der Waals surface area contributed by atoms with E-state index in [1.54, 1.807) is 25.1 Å². The van der Waals surface area contributed by atoms with Gasteiger partial charge in [0.15, 0.2) is 16.6 Å². The molecule has 134 valence electrons. The Kier molecular flexibility index (Phi) is 4.85. The fourth-order valence-electron chi connectivity index (χ4n) is 2.27. The first-order valence-electron chi connectivity index (χ1n) is 7.46. The summed E-state index contributed by atoms with van der Waals surface area (Å²) >= 11 is 5.10. The minimum Gasteiger partial charge on any atom is -0.454 e. The van der Waals surface area contributed by atoms with Gasteiger partial charge in [0.05, 0.1) is 4.92 Å². The van der Waals surface area contributed by atoms with Gasteiger partial charge in [0.25, 0.3) is 11.6 Å². The van der Waals surface area contributed by atoms with Crippen LogP contribution in [-0.4, -0.2) is 22.7 Å². The Bertz CT molecular complexity index is 902. The molecular formula is C16H14N4O5S. The van der Waals surface area contributed by atoms with E-state index < -0.39 is 10.8 Å². The van der Waals surface area contributed by atoms with Crippen molar-refractivity contribution in [1.29, 1.82) is 0 Å². The molecule has 0 bridgehead atoms. The number of thiocarbonyl (C=S) groups is 1. The Morgan fingerprint density at radius 2 is 1.92 bits per heavy atom. The van der Waals surface area contributed by atoms with Crippen LogP contribution >= 0.6 is 12.2 Å². The monoisotopic (exact) mass is 374 g/mol. The van der Waals surface area contributed by atoms with Gasteiger partial charge in [-0.15, -0.1) is 0 Å². The highest BCUT2D eigenvalue weighted by atomic mass is 32.1. The number of anilines is 1. The van der Waals surface area contributed by atoms with Crippen LogP contribution in [0.3, 0.4) is 0 Å². The predicted molar refractivity (Wildman–Crippen MR) is 97.2 cm³/mol. The number of nitrogens with zero attached hydrogens (tertiary/aromatic N) is 1. The van der Waals surface area contributed by atoms with E-state index in [0.29, 0.717) is 22.7 Å². The number of carbonyl (C=O) groups is 1. The molecule has 0 fully saturated rings. The zero-order valence-electron chi connectivity index (χ0n) is 13.6. The number of benzene rings is 2. The van der Waals surface area contributed by atoms with E-state index in [0.717, 1.165) is 0 Å². The molecule has 9 nitrogen and oxygen atoms in total. The number of nitrogens with one attached hydrogen (secondary N) is 3. The standard InChI is InChI=1S/C16H14N4O5S/c1-9-2-3-10(6-12(9)20(22)23)15(21)18-19-16(26)17-11-4-5-13-14(7-11)25-8-24-13/h2-7H,8H2,1H3,(H,18,21)(H2,17,19,26).